The Morgan fingerprint density at radius 3 is 2.47 bits per heavy atom. The van der Waals surface area contributed by atoms with E-state index in [0.29, 0.717) is 9.35 Å². The number of hydrogen-bond donors (Lipinski definition) is 3. The fourth-order valence-electron chi connectivity index (χ4n) is 1.23. The number of carbonyl (C=O) groups excluding carboxylic acids is 2. The van der Waals surface area contributed by atoms with E-state index >= 15 is 0 Å². The number of carboxylic acids is 1. The first-order chi connectivity index (χ1) is 8.81. The predicted molar refractivity (Wildman–Crippen MR) is 77.0 cm³/mol. The minimum absolute atomic E-state index is 0.0376. The van der Waals surface area contributed by atoms with Crippen LogP contribution in [-0.2, 0) is 9.59 Å². The van der Waals surface area contributed by atoms with Crippen LogP contribution in [0.3, 0.4) is 0 Å². The summed E-state index contributed by atoms with van der Waals surface area (Å²) in [4.78, 5) is 33.8. The largest absolute Gasteiger partial charge is 0.480 e. The Kier molecular flexibility index (Phi) is 5.95. The topological polar surface area (TPSA) is 109 Å². The monoisotopic (exact) mass is 412 g/mol. The molecule has 0 aliphatic heterocycles. The molecule has 0 aliphatic carbocycles. The zero-order chi connectivity index (χ0) is 14.6. The molecule has 0 saturated carbocycles. The van der Waals surface area contributed by atoms with Gasteiger partial charge < -0.3 is 16.2 Å². The molecule has 0 bridgehead atoms. The molecule has 1 rings (SSSR count). The summed E-state index contributed by atoms with van der Waals surface area (Å²) in [6.07, 6.45) is -0.140. The number of thiophene rings is 1. The second-order valence-electron chi connectivity index (χ2n) is 3.60. The molecule has 1 aromatic heterocycles. The van der Waals surface area contributed by atoms with E-state index in [9.17, 15) is 14.4 Å². The summed E-state index contributed by atoms with van der Waals surface area (Å²) in [5.41, 5.74) is 4.95. The van der Waals surface area contributed by atoms with Gasteiger partial charge in [-0.1, -0.05) is 0 Å². The summed E-state index contributed by atoms with van der Waals surface area (Å²) in [5.74, 6) is -2.32. The number of rotatable bonds is 6. The lowest BCUT2D eigenvalue weighted by molar-refractivity contribution is -0.139. The number of nitrogens with one attached hydrogen (secondary N) is 1. The van der Waals surface area contributed by atoms with Crippen molar-refractivity contribution < 1.29 is 19.5 Å². The first-order valence-corrected chi connectivity index (χ1v) is 7.48. The molecule has 0 aliphatic rings. The highest BCUT2D eigenvalue weighted by Gasteiger charge is 2.22. The molecule has 1 heterocycles. The average molecular weight is 414 g/mol. The lowest BCUT2D eigenvalue weighted by Crippen LogP contribution is -2.41. The fraction of sp³-hybridized carbons (Fsp3) is 0.300. The maximum Gasteiger partial charge on any atom is 0.326 e. The van der Waals surface area contributed by atoms with Crippen molar-refractivity contribution in [2.75, 3.05) is 0 Å². The molecule has 0 unspecified atom stereocenters. The van der Waals surface area contributed by atoms with E-state index in [1.54, 1.807) is 6.07 Å². The maximum absolute atomic E-state index is 11.8. The third-order valence-corrected chi connectivity index (χ3v) is 5.41. The number of carboxylic acid groups (broad SMARTS) is 1. The van der Waals surface area contributed by atoms with Crippen LogP contribution in [0.4, 0.5) is 0 Å². The summed E-state index contributed by atoms with van der Waals surface area (Å²) >= 11 is 7.65. The van der Waals surface area contributed by atoms with Crippen LogP contribution in [0, 0.1) is 0 Å². The molecular formula is C10H10Br2N2O4S. The van der Waals surface area contributed by atoms with Gasteiger partial charge in [0.2, 0.25) is 5.91 Å². The van der Waals surface area contributed by atoms with Crippen molar-refractivity contribution in [2.24, 2.45) is 5.73 Å². The molecule has 19 heavy (non-hydrogen) atoms. The second-order valence-corrected chi connectivity index (χ2v) is 6.83. The van der Waals surface area contributed by atoms with E-state index < -0.39 is 23.8 Å². The second kappa shape index (κ2) is 7.01. The van der Waals surface area contributed by atoms with Crippen molar-refractivity contribution in [3.8, 4) is 0 Å². The molecule has 1 atom stereocenters. The molecule has 0 fully saturated rings. The first-order valence-electron chi connectivity index (χ1n) is 5.08. The Labute approximate surface area is 129 Å². The van der Waals surface area contributed by atoms with E-state index in [4.69, 9.17) is 10.8 Å². The minimum atomic E-state index is -1.20. The van der Waals surface area contributed by atoms with Crippen molar-refractivity contribution in [1.29, 1.82) is 0 Å². The highest BCUT2D eigenvalue weighted by Crippen LogP contribution is 2.32. The van der Waals surface area contributed by atoms with Crippen LogP contribution in [-0.4, -0.2) is 28.9 Å². The summed E-state index contributed by atoms with van der Waals surface area (Å²) in [6, 6.07) is 0.441. The summed E-state index contributed by atoms with van der Waals surface area (Å²) in [7, 11) is 0. The number of halogens is 2. The molecule has 2 amide bonds. The van der Waals surface area contributed by atoms with Gasteiger partial charge in [-0.2, -0.15) is 0 Å². The van der Waals surface area contributed by atoms with Gasteiger partial charge in [0.1, 0.15) is 6.04 Å². The van der Waals surface area contributed by atoms with E-state index in [2.05, 4.69) is 37.2 Å². The molecule has 4 N–H and O–H groups in total. The number of aliphatic carboxylic acids is 1. The van der Waals surface area contributed by atoms with Crippen LogP contribution in [0.25, 0.3) is 0 Å². The molecule has 104 valence electrons. The predicted octanol–water partition coefficient (Wildman–Crippen LogP) is 1.72. The Bertz CT molecular complexity index is 498. The Morgan fingerprint density at radius 2 is 2.05 bits per heavy atom. The van der Waals surface area contributed by atoms with Crippen LogP contribution < -0.4 is 11.1 Å². The highest BCUT2D eigenvalue weighted by molar-refractivity contribution is 9.13. The first kappa shape index (κ1) is 16.1. The van der Waals surface area contributed by atoms with Gasteiger partial charge in [-0.25, -0.2) is 4.79 Å². The van der Waals surface area contributed by atoms with Crippen molar-refractivity contribution in [1.82, 2.24) is 5.32 Å². The Balaban J connectivity index is 2.71. The Hall–Kier alpha value is -0.930. The maximum atomic E-state index is 11.8. The number of amides is 2. The summed E-state index contributed by atoms with van der Waals surface area (Å²) in [6.45, 7) is 0. The van der Waals surface area contributed by atoms with E-state index in [1.807, 2.05) is 0 Å². The summed E-state index contributed by atoms with van der Waals surface area (Å²) in [5, 5.41) is 11.3. The van der Waals surface area contributed by atoms with Crippen molar-refractivity contribution in [3.63, 3.8) is 0 Å². The normalized spacial score (nSPS) is 11.9. The summed E-state index contributed by atoms with van der Waals surface area (Å²) < 4.78 is 1.45. The van der Waals surface area contributed by atoms with Gasteiger partial charge in [0, 0.05) is 10.9 Å². The van der Waals surface area contributed by atoms with Crippen molar-refractivity contribution in [3.05, 3.63) is 19.2 Å². The number of primary amides is 1. The molecule has 1 aromatic rings. The van der Waals surface area contributed by atoms with Crippen LogP contribution >= 0.6 is 43.2 Å². The SMILES string of the molecule is NC(=O)CC[C@@H](NC(=O)c1cc(Br)c(Br)s1)C(=O)O. The van der Waals surface area contributed by atoms with Gasteiger partial charge in [0.15, 0.2) is 0 Å². The van der Waals surface area contributed by atoms with E-state index in [1.165, 1.54) is 11.3 Å². The molecule has 0 aromatic carbocycles. The molecule has 6 nitrogen and oxygen atoms in total. The van der Waals surface area contributed by atoms with Gasteiger partial charge in [-0.3, -0.25) is 9.59 Å². The van der Waals surface area contributed by atoms with Gasteiger partial charge >= 0.3 is 5.97 Å². The zero-order valence-electron chi connectivity index (χ0n) is 9.48. The smallest absolute Gasteiger partial charge is 0.326 e. The average Bonchev–Trinajstić information content (AvgIpc) is 2.64. The van der Waals surface area contributed by atoms with Gasteiger partial charge in [-0.05, 0) is 44.3 Å². The van der Waals surface area contributed by atoms with Gasteiger partial charge in [0.25, 0.3) is 5.91 Å². The van der Waals surface area contributed by atoms with Gasteiger partial charge in [0.05, 0.1) is 8.66 Å². The number of carbonyl (C=O) groups is 3. The molecule has 0 spiro atoms. The third-order valence-electron chi connectivity index (χ3n) is 2.15. The lowest BCUT2D eigenvalue weighted by atomic mass is 10.1. The standard InChI is InChI=1S/C10H10Br2N2O4S/c11-4-3-6(19-8(4)12)9(16)14-5(10(17)18)1-2-7(13)15/h3,5H,1-2H2,(H2,13,15)(H,14,16)(H,17,18)/t5-/m1/s1. The van der Waals surface area contributed by atoms with E-state index in [0.717, 1.165) is 3.79 Å². The lowest BCUT2D eigenvalue weighted by Gasteiger charge is -2.12. The highest BCUT2D eigenvalue weighted by atomic mass is 79.9. The van der Waals surface area contributed by atoms with Crippen molar-refractivity contribution >= 4 is 61.0 Å². The van der Waals surface area contributed by atoms with E-state index in [-0.39, 0.29) is 12.8 Å². The molecule has 9 heteroatoms. The molecule has 0 radical (unpaired) electrons. The van der Waals surface area contributed by atoms with Crippen molar-refractivity contribution in [2.45, 2.75) is 18.9 Å². The fourth-order valence-corrected chi connectivity index (χ4v) is 3.17. The van der Waals surface area contributed by atoms with Gasteiger partial charge in [-0.15, -0.1) is 11.3 Å². The van der Waals surface area contributed by atoms with Crippen LogP contribution in [0.15, 0.2) is 14.3 Å². The minimum Gasteiger partial charge on any atom is -0.480 e. The molecule has 0 saturated heterocycles. The van der Waals surface area contributed by atoms with Crippen LogP contribution in [0.2, 0.25) is 0 Å². The van der Waals surface area contributed by atoms with Crippen LogP contribution in [0.1, 0.15) is 22.5 Å². The number of nitrogens with two attached hydrogens (primary N) is 1. The zero-order valence-corrected chi connectivity index (χ0v) is 13.5. The van der Waals surface area contributed by atoms with Crippen LogP contribution in [0.5, 0.6) is 0 Å². The molecular weight excluding hydrogens is 404 g/mol. The Morgan fingerprint density at radius 1 is 1.42 bits per heavy atom. The number of hydrogen-bond acceptors (Lipinski definition) is 4. The third kappa shape index (κ3) is 4.92. The quantitative estimate of drug-likeness (QED) is 0.659.